The SMILES string of the molecule is O=[C]/C=C/CCl. The minimum atomic E-state index is 0.384. The first-order valence-corrected chi connectivity index (χ1v) is 2.04. The van der Waals surface area contributed by atoms with Gasteiger partial charge >= 0.3 is 0 Å². The Morgan fingerprint density at radius 2 is 2.50 bits per heavy atom. The van der Waals surface area contributed by atoms with E-state index in [1.807, 2.05) is 0 Å². The quantitative estimate of drug-likeness (QED) is 0.375. The third-order valence-electron chi connectivity index (χ3n) is 0.275. The molecule has 0 saturated heterocycles. The van der Waals surface area contributed by atoms with Gasteiger partial charge in [0.1, 0.15) is 0 Å². The second-order valence-corrected chi connectivity index (χ2v) is 0.983. The normalized spacial score (nSPS) is 9.50. The number of hydrogen-bond acceptors (Lipinski definition) is 1. The lowest BCUT2D eigenvalue weighted by Gasteiger charge is -1.62. The second-order valence-electron chi connectivity index (χ2n) is 0.675. The van der Waals surface area contributed by atoms with E-state index in [2.05, 4.69) is 0 Å². The van der Waals surface area contributed by atoms with Crippen molar-refractivity contribution in [1.29, 1.82) is 0 Å². The smallest absolute Gasteiger partial charge is 0.225 e. The van der Waals surface area contributed by atoms with Gasteiger partial charge in [-0.15, -0.1) is 11.6 Å². The maximum absolute atomic E-state index is 9.29. The molecule has 1 nitrogen and oxygen atoms in total. The van der Waals surface area contributed by atoms with Crippen LogP contribution >= 0.6 is 11.6 Å². The number of hydrogen-bond donors (Lipinski definition) is 0. The molecule has 0 amide bonds. The van der Waals surface area contributed by atoms with Crippen molar-refractivity contribution in [2.75, 3.05) is 5.88 Å². The van der Waals surface area contributed by atoms with E-state index in [0.29, 0.717) is 5.88 Å². The van der Waals surface area contributed by atoms with Crippen LogP contribution in [0.3, 0.4) is 0 Å². The highest BCUT2D eigenvalue weighted by Crippen LogP contribution is 1.72. The molecule has 0 aromatic carbocycles. The molecular formula is C4H4ClO. The van der Waals surface area contributed by atoms with Gasteiger partial charge in [0.2, 0.25) is 6.29 Å². The van der Waals surface area contributed by atoms with Gasteiger partial charge < -0.3 is 0 Å². The summed E-state index contributed by atoms with van der Waals surface area (Å²) in [6.45, 7) is 0. The van der Waals surface area contributed by atoms with Crippen molar-refractivity contribution < 1.29 is 4.79 Å². The summed E-state index contributed by atoms with van der Waals surface area (Å²) in [5.74, 6) is 0.384. The Kier molecular flexibility index (Phi) is 4.47. The zero-order valence-electron chi connectivity index (χ0n) is 3.15. The van der Waals surface area contributed by atoms with Gasteiger partial charge in [-0.05, 0) is 6.08 Å². The molecule has 0 saturated carbocycles. The fourth-order valence-corrected chi connectivity index (χ4v) is 0.182. The molecule has 0 aliphatic heterocycles. The fourth-order valence-electron chi connectivity index (χ4n) is 0.0927. The van der Waals surface area contributed by atoms with E-state index < -0.39 is 0 Å². The molecule has 0 N–H and O–H groups in total. The van der Waals surface area contributed by atoms with Gasteiger partial charge in [-0.2, -0.15) is 0 Å². The summed E-state index contributed by atoms with van der Waals surface area (Å²) >= 11 is 5.11. The molecule has 0 aliphatic carbocycles. The first kappa shape index (κ1) is 5.70. The molecule has 0 aromatic rings. The summed E-state index contributed by atoms with van der Waals surface area (Å²) in [6.07, 6.45) is 4.32. The van der Waals surface area contributed by atoms with Gasteiger partial charge in [0.25, 0.3) is 0 Å². The van der Waals surface area contributed by atoms with Crippen LogP contribution in [-0.2, 0) is 4.79 Å². The highest BCUT2D eigenvalue weighted by atomic mass is 35.5. The van der Waals surface area contributed by atoms with Crippen LogP contribution in [0.2, 0.25) is 0 Å². The molecule has 0 rings (SSSR count). The van der Waals surface area contributed by atoms with Crippen LogP contribution in [0.5, 0.6) is 0 Å². The van der Waals surface area contributed by atoms with Crippen molar-refractivity contribution in [3.63, 3.8) is 0 Å². The molecule has 0 bridgehead atoms. The molecule has 6 heavy (non-hydrogen) atoms. The summed E-state index contributed by atoms with van der Waals surface area (Å²) in [4.78, 5) is 9.29. The lowest BCUT2D eigenvalue weighted by atomic mass is 10.6. The molecule has 0 atom stereocenters. The molecule has 2 heteroatoms. The Labute approximate surface area is 41.6 Å². The predicted octanol–water partition coefficient (Wildman–Crippen LogP) is 0.891. The monoisotopic (exact) mass is 103 g/mol. The predicted molar refractivity (Wildman–Crippen MR) is 25.6 cm³/mol. The van der Waals surface area contributed by atoms with Gasteiger partial charge in [-0.25, -0.2) is 0 Å². The Bertz CT molecular complexity index is 58.6. The van der Waals surface area contributed by atoms with Crippen molar-refractivity contribution in [2.45, 2.75) is 0 Å². The molecule has 0 unspecified atom stereocenters. The van der Waals surface area contributed by atoms with Crippen LogP contribution in [-0.4, -0.2) is 12.2 Å². The Hall–Kier alpha value is -0.300. The highest BCUT2D eigenvalue weighted by molar-refractivity contribution is 6.19. The zero-order chi connectivity index (χ0) is 4.83. The Balaban J connectivity index is 2.94. The average Bonchev–Trinajstić information content (AvgIpc) is 1.61. The number of halogens is 1. The van der Waals surface area contributed by atoms with E-state index in [1.54, 1.807) is 6.29 Å². The number of allylic oxidation sites excluding steroid dienone is 2. The third kappa shape index (κ3) is 3.70. The number of carbonyl (C=O) groups excluding carboxylic acids is 1. The van der Waals surface area contributed by atoms with E-state index in [9.17, 15) is 4.79 Å². The largest absolute Gasteiger partial charge is 0.286 e. The van der Waals surface area contributed by atoms with Crippen LogP contribution < -0.4 is 0 Å². The minimum Gasteiger partial charge on any atom is -0.286 e. The fraction of sp³-hybridized carbons (Fsp3) is 0.250. The maximum Gasteiger partial charge on any atom is 0.225 e. The molecule has 0 fully saturated rings. The van der Waals surface area contributed by atoms with E-state index >= 15 is 0 Å². The van der Waals surface area contributed by atoms with Crippen LogP contribution in [0, 0.1) is 0 Å². The standard InChI is InChI=1S/C4H4ClO/c5-3-1-2-4-6/h1-2H,3H2/b2-1+. The van der Waals surface area contributed by atoms with Gasteiger partial charge in [0.15, 0.2) is 0 Å². The van der Waals surface area contributed by atoms with Crippen molar-refractivity contribution in [3.8, 4) is 0 Å². The van der Waals surface area contributed by atoms with E-state index in [4.69, 9.17) is 11.6 Å². The third-order valence-corrected chi connectivity index (χ3v) is 0.453. The lowest BCUT2D eigenvalue weighted by molar-refractivity contribution is 0.564. The molecule has 1 radical (unpaired) electrons. The van der Waals surface area contributed by atoms with E-state index in [-0.39, 0.29) is 0 Å². The molecule has 0 heterocycles. The van der Waals surface area contributed by atoms with Gasteiger partial charge in [0.05, 0.1) is 0 Å². The average molecular weight is 104 g/mol. The molecular weight excluding hydrogens is 99.5 g/mol. The minimum absolute atomic E-state index is 0.384. The van der Waals surface area contributed by atoms with Crippen LogP contribution in [0.4, 0.5) is 0 Å². The molecule has 0 spiro atoms. The van der Waals surface area contributed by atoms with E-state index in [1.165, 1.54) is 12.2 Å². The van der Waals surface area contributed by atoms with Crippen molar-refractivity contribution in [1.82, 2.24) is 0 Å². The van der Waals surface area contributed by atoms with Gasteiger partial charge in [0, 0.05) is 5.88 Å². The van der Waals surface area contributed by atoms with Crippen molar-refractivity contribution in [3.05, 3.63) is 12.2 Å². The molecule has 0 aromatic heterocycles. The van der Waals surface area contributed by atoms with Gasteiger partial charge in [-0.3, -0.25) is 4.79 Å². The summed E-state index contributed by atoms with van der Waals surface area (Å²) in [5, 5.41) is 0. The number of alkyl halides is 1. The first-order valence-electron chi connectivity index (χ1n) is 1.50. The Morgan fingerprint density at radius 3 is 2.67 bits per heavy atom. The highest BCUT2D eigenvalue weighted by Gasteiger charge is 1.62. The summed E-state index contributed by atoms with van der Waals surface area (Å²) in [5.41, 5.74) is 0. The summed E-state index contributed by atoms with van der Waals surface area (Å²) in [7, 11) is 0. The van der Waals surface area contributed by atoms with Crippen LogP contribution in [0.25, 0.3) is 0 Å². The van der Waals surface area contributed by atoms with Crippen LogP contribution in [0.15, 0.2) is 12.2 Å². The topological polar surface area (TPSA) is 17.1 Å². The summed E-state index contributed by atoms with van der Waals surface area (Å²) < 4.78 is 0. The van der Waals surface area contributed by atoms with E-state index in [0.717, 1.165) is 0 Å². The lowest BCUT2D eigenvalue weighted by Crippen LogP contribution is -1.59. The molecule has 33 valence electrons. The first-order chi connectivity index (χ1) is 2.91. The van der Waals surface area contributed by atoms with Gasteiger partial charge in [-0.1, -0.05) is 6.08 Å². The maximum atomic E-state index is 9.29. The number of rotatable bonds is 2. The zero-order valence-corrected chi connectivity index (χ0v) is 3.90. The second kappa shape index (κ2) is 4.70. The van der Waals surface area contributed by atoms with Crippen molar-refractivity contribution in [2.24, 2.45) is 0 Å². The van der Waals surface area contributed by atoms with Crippen molar-refractivity contribution >= 4 is 17.9 Å². The summed E-state index contributed by atoms with van der Waals surface area (Å²) in [6, 6.07) is 0. The molecule has 0 aliphatic rings. The Morgan fingerprint density at radius 1 is 1.83 bits per heavy atom. The van der Waals surface area contributed by atoms with Crippen LogP contribution in [0.1, 0.15) is 0 Å².